The number of hydrogen-bond donors (Lipinski definition) is 0. The molecule has 3 atom stereocenters. The average Bonchev–Trinajstić information content (AvgIpc) is 3.31. The SMILES string of the molecule is O=C(OCc1ccccc1)N1C[C@@H]2C[C@H]1C[C@H]2OCc1c(-c2c(Cl)cccc2Cl)nnn1C1CC1. The highest BCUT2D eigenvalue weighted by Gasteiger charge is 2.48. The molecule has 1 saturated heterocycles. The van der Waals surface area contributed by atoms with Crippen LogP contribution in [0, 0.1) is 5.92 Å². The number of amides is 1. The molecule has 2 saturated carbocycles. The maximum absolute atomic E-state index is 12.7. The molecule has 0 spiro atoms. The molecule has 1 aromatic heterocycles. The summed E-state index contributed by atoms with van der Waals surface area (Å²) in [5, 5.41) is 9.94. The third kappa shape index (κ3) is 4.53. The van der Waals surface area contributed by atoms with Crippen molar-refractivity contribution in [3.05, 3.63) is 69.8 Å². The van der Waals surface area contributed by atoms with Gasteiger partial charge in [-0.3, -0.25) is 0 Å². The van der Waals surface area contributed by atoms with E-state index >= 15 is 0 Å². The normalized spacial score (nSPS) is 23.1. The average molecular weight is 513 g/mol. The number of fused-ring (bicyclic) bond motifs is 2. The number of aromatic nitrogens is 3. The molecule has 2 bridgehead atoms. The quantitative estimate of drug-likeness (QED) is 0.393. The third-order valence-corrected chi connectivity index (χ3v) is 7.86. The van der Waals surface area contributed by atoms with E-state index in [2.05, 4.69) is 10.3 Å². The first-order valence-electron chi connectivity index (χ1n) is 12.1. The second-order valence-electron chi connectivity index (χ2n) is 9.58. The predicted molar refractivity (Wildman–Crippen MR) is 132 cm³/mol. The van der Waals surface area contributed by atoms with Gasteiger partial charge in [0.15, 0.2) is 0 Å². The Bertz CT molecular complexity index is 1210. The Balaban J connectivity index is 1.11. The first-order valence-corrected chi connectivity index (χ1v) is 12.8. The van der Waals surface area contributed by atoms with E-state index in [1.807, 2.05) is 58.1 Å². The van der Waals surface area contributed by atoms with Crippen molar-refractivity contribution in [2.75, 3.05) is 6.54 Å². The van der Waals surface area contributed by atoms with Gasteiger partial charge in [-0.2, -0.15) is 0 Å². The molecule has 3 fully saturated rings. The first kappa shape index (κ1) is 22.8. The van der Waals surface area contributed by atoms with Crippen LogP contribution in [-0.4, -0.2) is 44.7 Å². The van der Waals surface area contributed by atoms with E-state index in [-0.39, 0.29) is 18.2 Å². The van der Waals surface area contributed by atoms with Gasteiger partial charge in [0.25, 0.3) is 0 Å². The van der Waals surface area contributed by atoms with Gasteiger partial charge in [-0.1, -0.05) is 64.8 Å². The minimum Gasteiger partial charge on any atom is -0.445 e. The lowest BCUT2D eigenvalue weighted by Crippen LogP contribution is -2.42. The number of carbonyl (C=O) groups is 1. The van der Waals surface area contributed by atoms with Crippen LogP contribution in [0.5, 0.6) is 0 Å². The molecule has 35 heavy (non-hydrogen) atoms. The molecule has 0 unspecified atom stereocenters. The van der Waals surface area contributed by atoms with E-state index < -0.39 is 0 Å². The van der Waals surface area contributed by atoms with Crippen molar-refractivity contribution in [2.45, 2.75) is 57.1 Å². The second kappa shape index (κ2) is 9.45. The van der Waals surface area contributed by atoms with Gasteiger partial charge in [0.2, 0.25) is 0 Å². The van der Waals surface area contributed by atoms with Crippen LogP contribution < -0.4 is 0 Å². The van der Waals surface area contributed by atoms with Gasteiger partial charge in [-0.25, -0.2) is 9.48 Å². The maximum atomic E-state index is 12.7. The molecule has 1 amide bonds. The fourth-order valence-electron chi connectivity index (χ4n) is 5.30. The number of nitrogens with zero attached hydrogens (tertiary/aromatic N) is 4. The Kier molecular flexibility index (Phi) is 6.16. The van der Waals surface area contributed by atoms with E-state index in [1.165, 1.54) is 0 Å². The molecule has 3 aromatic rings. The highest BCUT2D eigenvalue weighted by molar-refractivity contribution is 6.39. The van der Waals surface area contributed by atoms with Crippen LogP contribution in [0.1, 0.15) is 43.0 Å². The number of piperidine rings is 1. The van der Waals surface area contributed by atoms with Gasteiger partial charge in [0, 0.05) is 24.1 Å². The van der Waals surface area contributed by atoms with Gasteiger partial charge in [-0.05, 0) is 43.4 Å². The van der Waals surface area contributed by atoms with Crippen LogP contribution in [-0.2, 0) is 22.7 Å². The second-order valence-corrected chi connectivity index (χ2v) is 10.4. The minimum atomic E-state index is -0.244. The summed E-state index contributed by atoms with van der Waals surface area (Å²) in [6.07, 6.45) is 3.74. The van der Waals surface area contributed by atoms with E-state index in [0.717, 1.165) is 36.9 Å². The Morgan fingerprint density at radius 2 is 1.74 bits per heavy atom. The summed E-state index contributed by atoms with van der Waals surface area (Å²) in [5.41, 5.74) is 3.27. The van der Waals surface area contributed by atoms with Crippen LogP contribution in [0.15, 0.2) is 48.5 Å². The van der Waals surface area contributed by atoms with Gasteiger partial charge in [-0.15, -0.1) is 5.10 Å². The van der Waals surface area contributed by atoms with Crippen molar-refractivity contribution < 1.29 is 14.3 Å². The zero-order chi connectivity index (χ0) is 23.9. The Morgan fingerprint density at radius 1 is 0.971 bits per heavy atom. The largest absolute Gasteiger partial charge is 0.445 e. The molecular weight excluding hydrogens is 487 g/mol. The zero-order valence-corrected chi connectivity index (χ0v) is 20.7. The summed E-state index contributed by atoms with van der Waals surface area (Å²) in [6.45, 7) is 1.33. The summed E-state index contributed by atoms with van der Waals surface area (Å²) >= 11 is 13.0. The van der Waals surface area contributed by atoms with Crippen molar-refractivity contribution in [3.63, 3.8) is 0 Å². The van der Waals surface area contributed by atoms with Crippen LogP contribution >= 0.6 is 23.2 Å². The molecule has 1 aliphatic heterocycles. The number of ether oxygens (including phenoxy) is 2. The van der Waals surface area contributed by atoms with E-state index in [9.17, 15) is 4.79 Å². The number of hydrogen-bond acceptors (Lipinski definition) is 5. The number of likely N-dealkylation sites (tertiary alicyclic amines) is 1. The van der Waals surface area contributed by atoms with Crippen LogP contribution in [0.4, 0.5) is 4.79 Å². The topological polar surface area (TPSA) is 69.5 Å². The van der Waals surface area contributed by atoms with E-state index in [4.69, 9.17) is 32.7 Å². The number of carbonyl (C=O) groups excluding carboxylic acids is 1. The monoisotopic (exact) mass is 512 g/mol. The molecular formula is C26H26Cl2N4O3. The summed E-state index contributed by atoms with van der Waals surface area (Å²) in [4.78, 5) is 14.5. The molecule has 6 rings (SSSR count). The maximum Gasteiger partial charge on any atom is 0.410 e. The minimum absolute atomic E-state index is 0.0790. The number of benzene rings is 2. The molecule has 7 nitrogen and oxygen atoms in total. The Morgan fingerprint density at radius 3 is 2.43 bits per heavy atom. The van der Waals surface area contributed by atoms with Crippen molar-refractivity contribution in [1.82, 2.24) is 19.9 Å². The molecule has 3 aliphatic rings. The molecule has 9 heteroatoms. The molecule has 182 valence electrons. The van der Waals surface area contributed by atoms with Gasteiger partial charge in [0.1, 0.15) is 12.3 Å². The van der Waals surface area contributed by atoms with Crippen LogP contribution in [0.2, 0.25) is 10.0 Å². The van der Waals surface area contributed by atoms with E-state index in [0.29, 0.717) is 53.0 Å². The lowest BCUT2D eigenvalue weighted by molar-refractivity contribution is -0.0133. The predicted octanol–water partition coefficient (Wildman–Crippen LogP) is 5.90. The van der Waals surface area contributed by atoms with E-state index in [1.54, 1.807) is 0 Å². The lowest BCUT2D eigenvalue weighted by Gasteiger charge is -2.31. The summed E-state index contributed by atoms with van der Waals surface area (Å²) < 4.78 is 14.0. The smallest absolute Gasteiger partial charge is 0.410 e. The van der Waals surface area contributed by atoms with Gasteiger partial charge < -0.3 is 14.4 Å². The summed E-state index contributed by atoms with van der Waals surface area (Å²) in [5.74, 6) is 0.293. The third-order valence-electron chi connectivity index (χ3n) is 7.23. The molecule has 2 aromatic carbocycles. The van der Waals surface area contributed by atoms with Crippen molar-refractivity contribution in [3.8, 4) is 11.3 Å². The molecule has 0 N–H and O–H groups in total. The fraction of sp³-hybridized carbons (Fsp3) is 0.423. The molecule has 0 radical (unpaired) electrons. The zero-order valence-electron chi connectivity index (χ0n) is 19.1. The standard InChI is InChI=1S/C26H26Cl2N4O3/c27-20-7-4-8-21(28)24(20)25-22(32(30-29-25)18-9-10-18)15-34-23-12-19-11-17(23)13-31(19)26(33)35-14-16-5-2-1-3-6-16/h1-8,17-19,23H,9-15H2/t17-,19-,23+/m0/s1. The van der Waals surface area contributed by atoms with Crippen molar-refractivity contribution in [1.29, 1.82) is 0 Å². The fourth-order valence-corrected chi connectivity index (χ4v) is 5.88. The highest BCUT2D eigenvalue weighted by atomic mass is 35.5. The van der Waals surface area contributed by atoms with Gasteiger partial charge in [0.05, 0.1) is 34.5 Å². The Labute approximate surface area is 213 Å². The Hall–Kier alpha value is -2.61. The lowest BCUT2D eigenvalue weighted by atomic mass is 10.1. The molecule has 2 heterocycles. The highest BCUT2D eigenvalue weighted by Crippen LogP contribution is 2.43. The molecule has 2 aliphatic carbocycles. The van der Waals surface area contributed by atoms with Gasteiger partial charge >= 0.3 is 6.09 Å². The first-order chi connectivity index (χ1) is 17.1. The number of rotatable bonds is 7. The number of halogens is 2. The van der Waals surface area contributed by atoms with Crippen LogP contribution in [0.25, 0.3) is 11.3 Å². The summed E-state index contributed by atoms with van der Waals surface area (Å²) in [7, 11) is 0. The van der Waals surface area contributed by atoms with Crippen LogP contribution in [0.3, 0.4) is 0 Å². The van der Waals surface area contributed by atoms with Crippen molar-refractivity contribution in [2.24, 2.45) is 5.92 Å². The van der Waals surface area contributed by atoms with Crippen molar-refractivity contribution >= 4 is 29.3 Å². The summed E-state index contributed by atoms with van der Waals surface area (Å²) in [6, 6.07) is 15.7.